The van der Waals surface area contributed by atoms with Crippen molar-refractivity contribution in [3.63, 3.8) is 0 Å². The number of ketones is 2. The SMILES string of the molecule is COc1ccc(Cl)cc1C(=O)CS(=O)(=O)c1ccc(C(=O)CC2CC2)cc1. The molecule has 0 aromatic heterocycles. The summed E-state index contributed by atoms with van der Waals surface area (Å²) in [6.45, 7) is 0. The molecule has 0 bridgehead atoms. The number of carbonyl (C=O) groups excluding carboxylic acids is 2. The van der Waals surface area contributed by atoms with E-state index in [-0.39, 0.29) is 22.0 Å². The van der Waals surface area contributed by atoms with Gasteiger partial charge in [-0.25, -0.2) is 8.42 Å². The van der Waals surface area contributed by atoms with Gasteiger partial charge in [-0.05, 0) is 49.1 Å². The van der Waals surface area contributed by atoms with Gasteiger partial charge in [0.05, 0.1) is 17.6 Å². The largest absolute Gasteiger partial charge is 0.496 e. The molecule has 0 radical (unpaired) electrons. The third kappa shape index (κ3) is 4.76. The van der Waals surface area contributed by atoms with Crippen molar-refractivity contribution in [2.75, 3.05) is 12.9 Å². The van der Waals surface area contributed by atoms with Crippen LogP contribution in [0.2, 0.25) is 5.02 Å². The second-order valence-corrected chi connectivity index (χ2v) is 9.05. The van der Waals surface area contributed by atoms with E-state index in [1.807, 2.05) is 0 Å². The van der Waals surface area contributed by atoms with Crippen LogP contribution in [0.15, 0.2) is 47.4 Å². The molecular weight excluding hydrogens is 388 g/mol. The van der Waals surface area contributed by atoms with Gasteiger partial charge in [0, 0.05) is 17.0 Å². The van der Waals surface area contributed by atoms with Crippen molar-refractivity contribution < 1.29 is 22.7 Å². The minimum atomic E-state index is -3.86. The summed E-state index contributed by atoms with van der Waals surface area (Å²) in [4.78, 5) is 24.6. The van der Waals surface area contributed by atoms with Crippen molar-refractivity contribution in [1.29, 1.82) is 0 Å². The monoisotopic (exact) mass is 406 g/mol. The van der Waals surface area contributed by atoms with Crippen LogP contribution in [0.25, 0.3) is 0 Å². The van der Waals surface area contributed by atoms with E-state index in [9.17, 15) is 18.0 Å². The van der Waals surface area contributed by atoms with E-state index in [0.29, 0.717) is 22.9 Å². The number of rotatable bonds is 8. The molecule has 2 aromatic carbocycles. The highest BCUT2D eigenvalue weighted by molar-refractivity contribution is 7.92. The molecule has 0 aliphatic heterocycles. The topological polar surface area (TPSA) is 77.5 Å². The average Bonchev–Trinajstić information content (AvgIpc) is 3.45. The van der Waals surface area contributed by atoms with Gasteiger partial charge in [-0.1, -0.05) is 23.7 Å². The molecule has 3 rings (SSSR count). The van der Waals surface area contributed by atoms with Crippen molar-refractivity contribution in [3.8, 4) is 5.75 Å². The first kappa shape index (κ1) is 19.6. The number of benzene rings is 2. The summed E-state index contributed by atoms with van der Waals surface area (Å²) in [5.41, 5.74) is 0.605. The molecule has 1 saturated carbocycles. The Labute approximate surface area is 163 Å². The van der Waals surface area contributed by atoms with Crippen LogP contribution in [0.1, 0.15) is 40.0 Å². The van der Waals surface area contributed by atoms with Gasteiger partial charge in [0.25, 0.3) is 0 Å². The smallest absolute Gasteiger partial charge is 0.185 e. The summed E-state index contributed by atoms with van der Waals surface area (Å²) < 4.78 is 30.3. The Hall–Kier alpha value is -2.18. The highest BCUT2D eigenvalue weighted by Crippen LogP contribution is 2.33. The molecule has 0 saturated heterocycles. The van der Waals surface area contributed by atoms with Crippen LogP contribution in [0, 0.1) is 5.92 Å². The molecule has 1 fully saturated rings. The first-order valence-corrected chi connectivity index (χ1v) is 10.6. The van der Waals surface area contributed by atoms with Gasteiger partial charge >= 0.3 is 0 Å². The summed E-state index contributed by atoms with van der Waals surface area (Å²) in [6, 6.07) is 10.2. The standard InChI is InChI=1S/C20H19ClO5S/c1-26-20-9-6-15(21)11-17(20)19(23)12-27(24,25)16-7-4-14(5-8-16)18(22)10-13-2-3-13/h4-9,11,13H,2-3,10,12H2,1H3. The van der Waals surface area contributed by atoms with Gasteiger partial charge in [0.2, 0.25) is 0 Å². The number of carbonyl (C=O) groups is 2. The number of methoxy groups -OCH3 is 1. The van der Waals surface area contributed by atoms with Gasteiger partial charge in [-0.3, -0.25) is 9.59 Å². The summed E-state index contributed by atoms with van der Waals surface area (Å²) >= 11 is 5.90. The second kappa shape index (κ2) is 7.82. The van der Waals surface area contributed by atoms with Gasteiger partial charge in [-0.2, -0.15) is 0 Å². The van der Waals surface area contributed by atoms with E-state index in [2.05, 4.69) is 0 Å². The first-order valence-electron chi connectivity index (χ1n) is 8.53. The number of Topliss-reactive ketones (excluding diaryl/α,β-unsaturated/α-hetero) is 2. The normalized spacial score (nSPS) is 14.0. The lowest BCUT2D eigenvalue weighted by Gasteiger charge is -2.09. The maximum Gasteiger partial charge on any atom is 0.185 e. The third-order valence-corrected chi connectivity index (χ3v) is 6.36. The summed E-state index contributed by atoms with van der Waals surface area (Å²) in [5, 5.41) is 0.315. The summed E-state index contributed by atoms with van der Waals surface area (Å²) in [5.74, 6) is -0.574. The summed E-state index contributed by atoms with van der Waals surface area (Å²) in [6.07, 6.45) is 2.65. The molecule has 0 amide bonds. The van der Waals surface area contributed by atoms with Crippen molar-refractivity contribution in [2.24, 2.45) is 5.92 Å². The van der Waals surface area contributed by atoms with E-state index in [1.54, 1.807) is 6.07 Å². The molecule has 1 aliphatic carbocycles. The van der Waals surface area contributed by atoms with Crippen LogP contribution in [0.5, 0.6) is 5.75 Å². The summed E-state index contributed by atoms with van der Waals surface area (Å²) in [7, 11) is -2.46. The molecule has 7 heteroatoms. The number of hydrogen-bond donors (Lipinski definition) is 0. The van der Waals surface area contributed by atoms with Crippen molar-refractivity contribution in [2.45, 2.75) is 24.2 Å². The van der Waals surface area contributed by atoms with Crippen LogP contribution in [-0.4, -0.2) is 32.8 Å². The van der Waals surface area contributed by atoms with E-state index >= 15 is 0 Å². The van der Waals surface area contributed by atoms with E-state index in [0.717, 1.165) is 12.8 Å². The lowest BCUT2D eigenvalue weighted by atomic mass is 10.1. The van der Waals surface area contributed by atoms with Crippen molar-refractivity contribution in [3.05, 3.63) is 58.6 Å². The Balaban J connectivity index is 1.77. The lowest BCUT2D eigenvalue weighted by molar-refractivity contribution is 0.0974. The molecule has 0 N–H and O–H groups in total. The van der Waals surface area contributed by atoms with Gasteiger partial charge < -0.3 is 4.74 Å². The first-order chi connectivity index (χ1) is 12.8. The van der Waals surface area contributed by atoms with E-state index in [1.165, 1.54) is 43.5 Å². The molecule has 142 valence electrons. The predicted octanol–water partition coefficient (Wildman–Crippen LogP) is 3.99. The van der Waals surface area contributed by atoms with Gasteiger partial charge in [-0.15, -0.1) is 0 Å². The van der Waals surface area contributed by atoms with E-state index in [4.69, 9.17) is 16.3 Å². The highest BCUT2D eigenvalue weighted by Gasteiger charge is 2.26. The van der Waals surface area contributed by atoms with Crippen molar-refractivity contribution >= 4 is 33.0 Å². The zero-order chi connectivity index (χ0) is 19.6. The molecule has 2 aromatic rings. The Bertz CT molecular complexity index is 976. The number of halogens is 1. The highest BCUT2D eigenvalue weighted by atomic mass is 35.5. The molecule has 0 atom stereocenters. The minimum Gasteiger partial charge on any atom is -0.496 e. The molecule has 1 aliphatic rings. The molecule has 0 spiro atoms. The lowest BCUT2D eigenvalue weighted by Crippen LogP contribution is -2.17. The zero-order valence-electron chi connectivity index (χ0n) is 14.8. The molecule has 5 nitrogen and oxygen atoms in total. The fraction of sp³-hybridized carbons (Fsp3) is 0.300. The minimum absolute atomic E-state index is 0.000170. The van der Waals surface area contributed by atoms with Crippen molar-refractivity contribution in [1.82, 2.24) is 0 Å². The predicted molar refractivity (Wildman–Crippen MR) is 103 cm³/mol. The second-order valence-electron chi connectivity index (χ2n) is 6.62. The molecule has 27 heavy (non-hydrogen) atoms. The Kier molecular flexibility index (Phi) is 5.67. The van der Waals surface area contributed by atoms with Crippen LogP contribution >= 0.6 is 11.6 Å². The zero-order valence-corrected chi connectivity index (χ0v) is 16.3. The fourth-order valence-electron chi connectivity index (χ4n) is 2.78. The van der Waals surface area contributed by atoms with Crippen LogP contribution in [0.4, 0.5) is 0 Å². The number of sulfone groups is 1. The quantitative estimate of drug-likeness (QED) is 0.619. The number of ether oxygens (including phenoxy) is 1. The average molecular weight is 407 g/mol. The maximum absolute atomic E-state index is 12.6. The van der Waals surface area contributed by atoms with Crippen LogP contribution in [-0.2, 0) is 9.84 Å². The molecular formula is C20H19ClO5S. The Morgan fingerprint density at radius 2 is 1.74 bits per heavy atom. The van der Waals surface area contributed by atoms with Gasteiger partial charge in [0.1, 0.15) is 11.5 Å². The maximum atomic E-state index is 12.6. The van der Waals surface area contributed by atoms with Crippen LogP contribution in [0.3, 0.4) is 0 Å². The van der Waals surface area contributed by atoms with Crippen LogP contribution < -0.4 is 4.74 Å². The molecule has 0 heterocycles. The third-order valence-electron chi connectivity index (χ3n) is 4.49. The van der Waals surface area contributed by atoms with Gasteiger partial charge in [0.15, 0.2) is 21.4 Å². The van der Waals surface area contributed by atoms with E-state index < -0.39 is 21.4 Å². The Morgan fingerprint density at radius 3 is 2.33 bits per heavy atom. The number of hydrogen-bond acceptors (Lipinski definition) is 5. The Morgan fingerprint density at radius 1 is 1.07 bits per heavy atom. The fourth-order valence-corrected chi connectivity index (χ4v) is 4.17. The molecule has 0 unspecified atom stereocenters.